The first-order valence-corrected chi connectivity index (χ1v) is 6.20. The molecule has 0 unspecified atom stereocenters. The summed E-state index contributed by atoms with van der Waals surface area (Å²) in [7, 11) is 0. The van der Waals surface area contributed by atoms with Crippen molar-refractivity contribution < 1.29 is 14.7 Å². The van der Waals surface area contributed by atoms with Gasteiger partial charge in [0.25, 0.3) is 0 Å². The molecule has 0 aliphatic heterocycles. The van der Waals surface area contributed by atoms with Crippen LogP contribution in [-0.2, 0) is 0 Å². The third-order valence-corrected chi connectivity index (χ3v) is 3.30. The molecule has 4 N–H and O–H groups in total. The van der Waals surface area contributed by atoms with E-state index in [1.165, 1.54) is 0 Å². The van der Waals surface area contributed by atoms with E-state index in [-0.39, 0.29) is 18.1 Å². The van der Waals surface area contributed by atoms with Gasteiger partial charge in [-0.05, 0) is 38.5 Å². The Kier molecular flexibility index (Phi) is 3.71. The Morgan fingerprint density at radius 1 is 0.765 bits per heavy atom. The molecule has 0 spiro atoms. The number of amides is 3. The summed E-state index contributed by atoms with van der Waals surface area (Å²) in [6.07, 6.45) is 4.46. The number of hydrogen-bond donors (Lipinski definition) is 4. The molecule has 0 heterocycles. The van der Waals surface area contributed by atoms with Gasteiger partial charge in [-0.25, -0.2) is 9.59 Å². The molecule has 0 saturated heterocycles. The summed E-state index contributed by atoms with van der Waals surface area (Å²) in [4.78, 5) is 22.0. The van der Waals surface area contributed by atoms with Crippen molar-refractivity contribution in [1.82, 2.24) is 16.0 Å². The second kappa shape index (κ2) is 5.25. The van der Waals surface area contributed by atoms with E-state index in [1.54, 1.807) is 0 Å². The highest BCUT2D eigenvalue weighted by Gasteiger charge is 2.26. The highest BCUT2D eigenvalue weighted by Crippen LogP contribution is 2.20. The molecule has 2 fully saturated rings. The number of hydrogen-bond acceptors (Lipinski definition) is 2. The molecular formula is C11H19N3O3. The van der Waals surface area contributed by atoms with Gasteiger partial charge in [0.15, 0.2) is 0 Å². The van der Waals surface area contributed by atoms with Crippen molar-refractivity contribution in [1.29, 1.82) is 0 Å². The summed E-state index contributed by atoms with van der Waals surface area (Å²) < 4.78 is 0. The highest BCUT2D eigenvalue weighted by atomic mass is 16.4. The molecule has 0 aromatic rings. The lowest BCUT2D eigenvalue weighted by Crippen LogP contribution is -2.47. The standard InChI is InChI=1S/C11H19N3O3/c15-10(12-7-1-2-7)13-8-3-5-9(6-4-8)14-11(16)17/h7-9,14H,1-6H2,(H,16,17)(H2,12,13,15)/t8-,9+. The molecule has 2 rings (SSSR count). The Morgan fingerprint density at radius 2 is 1.12 bits per heavy atom. The number of carboxylic acid groups (broad SMARTS) is 1. The summed E-state index contributed by atoms with van der Waals surface area (Å²) in [6, 6.07) is 0.514. The third kappa shape index (κ3) is 4.13. The van der Waals surface area contributed by atoms with Gasteiger partial charge in [0.1, 0.15) is 0 Å². The number of rotatable bonds is 3. The zero-order valence-corrected chi connectivity index (χ0v) is 9.74. The van der Waals surface area contributed by atoms with E-state index in [9.17, 15) is 9.59 Å². The van der Waals surface area contributed by atoms with Crippen molar-refractivity contribution in [3.8, 4) is 0 Å². The predicted molar refractivity (Wildman–Crippen MR) is 61.9 cm³/mol. The van der Waals surface area contributed by atoms with Crippen LogP contribution < -0.4 is 16.0 Å². The van der Waals surface area contributed by atoms with Gasteiger partial charge >= 0.3 is 12.1 Å². The van der Waals surface area contributed by atoms with Crippen molar-refractivity contribution >= 4 is 12.1 Å². The van der Waals surface area contributed by atoms with Crippen LogP contribution in [0.4, 0.5) is 9.59 Å². The predicted octanol–water partition coefficient (Wildman–Crippen LogP) is 1.03. The Labute approximate surface area is 100 Å². The van der Waals surface area contributed by atoms with E-state index < -0.39 is 6.09 Å². The van der Waals surface area contributed by atoms with Crippen molar-refractivity contribution in [2.24, 2.45) is 0 Å². The number of urea groups is 1. The van der Waals surface area contributed by atoms with Crippen molar-refractivity contribution in [2.75, 3.05) is 0 Å². The minimum atomic E-state index is -0.965. The van der Waals surface area contributed by atoms with Crippen molar-refractivity contribution in [3.05, 3.63) is 0 Å². The molecule has 2 saturated carbocycles. The van der Waals surface area contributed by atoms with E-state index in [0.717, 1.165) is 38.5 Å². The van der Waals surface area contributed by atoms with Gasteiger partial charge in [-0.3, -0.25) is 0 Å². The van der Waals surface area contributed by atoms with Gasteiger partial charge in [-0.15, -0.1) is 0 Å². The normalized spacial score (nSPS) is 28.2. The van der Waals surface area contributed by atoms with Crippen molar-refractivity contribution in [2.45, 2.75) is 56.7 Å². The fourth-order valence-corrected chi connectivity index (χ4v) is 2.20. The fraction of sp³-hybridized carbons (Fsp3) is 0.818. The van der Waals surface area contributed by atoms with E-state index >= 15 is 0 Å². The average Bonchev–Trinajstić information content (AvgIpc) is 3.04. The molecule has 96 valence electrons. The number of carbonyl (C=O) groups is 2. The summed E-state index contributed by atoms with van der Waals surface area (Å²) in [5, 5.41) is 16.9. The first-order valence-electron chi connectivity index (χ1n) is 6.20. The molecule has 0 aromatic heterocycles. The summed E-state index contributed by atoms with van der Waals surface area (Å²) in [6.45, 7) is 0. The average molecular weight is 241 g/mol. The summed E-state index contributed by atoms with van der Waals surface area (Å²) >= 11 is 0. The lowest BCUT2D eigenvalue weighted by atomic mass is 9.91. The smallest absolute Gasteiger partial charge is 0.404 e. The first-order chi connectivity index (χ1) is 8.13. The fourth-order valence-electron chi connectivity index (χ4n) is 2.20. The number of nitrogens with one attached hydrogen (secondary N) is 3. The summed E-state index contributed by atoms with van der Waals surface area (Å²) in [5.74, 6) is 0. The maximum atomic E-state index is 11.5. The Bertz CT molecular complexity index is 296. The van der Waals surface area contributed by atoms with E-state index in [4.69, 9.17) is 5.11 Å². The molecule has 0 atom stereocenters. The minimum Gasteiger partial charge on any atom is -0.465 e. The van der Waals surface area contributed by atoms with E-state index in [2.05, 4.69) is 16.0 Å². The lowest BCUT2D eigenvalue weighted by molar-refractivity contribution is 0.183. The molecule has 2 aliphatic rings. The number of carbonyl (C=O) groups excluding carboxylic acids is 1. The second-order valence-corrected chi connectivity index (χ2v) is 4.89. The molecule has 2 aliphatic carbocycles. The SMILES string of the molecule is O=C(O)N[C@H]1CC[C@@H](NC(=O)NC2CC2)CC1. The van der Waals surface area contributed by atoms with Gasteiger partial charge in [-0.2, -0.15) is 0 Å². The third-order valence-electron chi connectivity index (χ3n) is 3.30. The van der Waals surface area contributed by atoms with Crippen LogP contribution in [0, 0.1) is 0 Å². The monoisotopic (exact) mass is 241 g/mol. The second-order valence-electron chi connectivity index (χ2n) is 4.89. The van der Waals surface area contributed by atoms with Crippen LogP contribution in [0.1, 0.15) is 38.5 Å². The molecule has 3 amide bonds. The molecule has 0 bridgehead atoms. The highest BCUT2D eigenvalue weighted by molar-refractivity contribution is 5.74. The first kappa shape index (κ1) is 12.0. The van der Waals surface area contributed by atoms with Gasteiger partial charge in [0, 0.05) is 18.1 Å². The maximum absolute atomic E-state index is 11.5. The zero-order valence-electron chi connectivity index (χ0n) is 9.74. The lowest BCUT2D eigenvalue weighted by Gasteiger charge is -2.28. The van der Waals surface area contributed by atoms with Crippen molar-refractivity contribution in [3.63, 3.8) is 0 Å². The van der Waals surface area contributed by atoms with Crippen LogP contribution in [0.15, 0.2) is 0 Å². The van der Waals surface area contributed by atoms with E-state index in [1.807, 2.05) is 0 Å². The molecule has 6 heteroatoms. The van der Waals surface area contributed by atoms with Crippen LogP contribution in [0.25, 0.3) is 0 Å². The van der Waals surface area contributed by atoms with Gasteiger partial charge in [0.2, 0.25) is 0 Å². The Balaban J connectivity index is 1.64. The quantitative estimate of drug-likeness (QED) is 0.594. The molecular weight excluding hydrogens is 222 g/mol. The Hall–Kier alpha value is -1.46. The largest absolute Gasteiger partial charge is 0.465 e. The van der Waals surface area contributed by atoms with Gasteiger partial charge in [-0.1, -0.05) is 0 Å². The Morgan fingerprint density at radius 3 is 1.47 bits per heavy atom. The van der Waals surface area contributed by atoms with Gasteiger partial charge in [0.05, 0.1) is 0 Å². The topological polar surface area (TPSA) is 90.5 Å². The molecule has 0 aromatic carbocycles. The van der Waals surface area contributed by atoms with Crippen LogP contribution in [-0.4, -0.2) is 35.4 Å². The maximum Gasteiger partial charge on any atom is 0.404 e. The molecule has 0 radical (unpaired) electrons. The molecule has 6 nitrogen and oxygen atoms in total. The zero-order chi connectivity index (χ0) is 12.3. The van der Waals surface area contributed by atoms with Crippen LogP contribution >= 0.6 is 0 Å². The van der Waals surface area contributed by atoms with Crippen LogP contribution in [0.5, 0.6) is 0 Å². The molecule has 17 heavy (non-hydrogen) atoms. The summed E-state index contributed by atoms with van der Waals surface area (Å²) in [5.41, 5.74) is 0. The van der Waals surface area contributed by atoms with Gasteiger partial charge < -0.3 is 21.1 Å². The van der Waals surface area contributed by atoms with E-state index in [0.29, 0.717) is 6.04 Å². The minimum absolute atomic E-state index is 0.0389. The van der Waals surface area contributed by atoms with Crippen LogP contribution in [0.2, 0.25) is 0 Å². The van der Waals surface area contributed by atoms with Crippen LogP contribution in [0.3, 0.4) is 0 Å².